The van der Waals surface area contributed by atoms with E-state index in [1.165, 1.54) is 32.1 Å². The Morgan fingerprint density at radius 2 is 2.14 bits per heavy atom. The predicted molar refractivity (Wildman–Crippen MR) is 55.3 cm³/mol. The summed E-state index contributed by atoms with van der Waals surface area (Å²) in [5.41, 5.74) is 6.39. The van der Waals surface area contributed by atoms with E-state index in [4.69, 9.17) is 10.5 Å². The lowest BCUT2D eigenvalue weighted by molar-refractivity contribution is 0.316. The summed E-state index contributed by atoms with van der Waals surface area (Å²) in [5.74, 6) is 0.551. The number of hydrogen-bond donors (Lipinski definition) is 1. The Hall–Kier alpha value is -1.19. The second kappa shape index (κ2) is 3.90. The van der Waals surface area contributed by atoms with Crippen LogP contribution in [0.5, 0.6) is 5.88 Å². The molecule has 1 saturated carbocycles. The van der Waals surface area contributed by atoms with Crippen molar-refractivity contribution < 1.29 is 4.74 Å². The van der Waals surface area contributed by atoms with Crippen molar-refractivity contribution in [3.05, 3.63) is 6.20 Å². The zero-order valence-electron chi connectivity index (χ0n) is 8.57. The van der Waals surface area contributed by atoms with Crippen LogP contribution in [0.1, 0.15) is 38.1 Å². The van der Waals surface area contributed by atoms with Gasteiger partial charge in [0, 0.05) is 0 Å². The molecule has 1 aliphatic rings. The topological polar surface area (TPSA) is 53.1 Å². The number of nitrogens with two attached hydrogens (primary N) is 1. The summed E-state index contributed by atoms with van der Waals surface area (Å²) in [6, 6.07) is 0.523. The van der Waals surface area contributed by atoms with Crippen LogP contribution in [0.4, 0.5) is 5.69 Å². The van der Waals surface area contributed by atoms with Gasteiger partial charge < -0.3 is 10.5 Å². The van der Waals surface area contributed by atoms with Crippen molar-refractivity contribution in [1.82, 2.24) is 9.78 Å². The first-order chi connectivity index (χ1) is 6.81. The van der Waals surface area contributed by atoms with Crippen LogP contribution in [-0.4, -0.2) is 16.9 Å². The summed E-state index contributed by atoms with van der Waals surface area (Å²) in [6.45, 7) is 0. The van der Waals surface area contributed by atoms with E-state index in [0.717, 1.165) is 0 Å². The van der Waals surface area contributed by atoms with Crippen LogP contribution in [-0.2, 0) is 0 Å². The van der Waals surface area contributed by atoms with Crippen LogP contribution in [0.2, 0.25) is 0 Å². The molecule has 0 spiro atoms. The molecule has 4 heteroatoms. The Labute approximate surface area is 84.0 Å². The number of rotatable bonds is 2. The summed E-state index contributed by atoms with van der Waals surface area (Å²) in [4.78, 5) is 0. The maximum atomic E-state index is 5.75. The fraction of sp³-hybridized carbons (Fsp3) is 0.700. The molecule has 0 aromatic carbocycles. The summed E-state index contributed by atoms with van der Waals surface area (Å²) in [6.07, 6.45) is 8.26. The lowest BCUT2D eigenvalue weighted by atomic mass is 9.96. The summed E-state index contributed by atoms with van der Waals surface area (Å²) in [7, 11) is 1.60. The molecule has 1 heterocycles. The average molecular weight is 195 g/mol. The molecule has 0 aliphatic heterocycles. The van der Waals surface area contributed by atoms with Gasteiger partial charge in [-0.3, -0.25) is 4.68 Å². The second-order valence-electron chi connectivity index (χ2n) is 3.87. The minimum Gasteiger partial charge on any atom is -0.478 e. The monoisotopic (exact) mass is 195 g/mol. The highest BCUT2D eigenvalue weighted by Gasteiger charge is 2.17. The molecule has 2 rings (SSSR count). The molecule has 2 N–H and O–H groups in total. The summed E-state index contributed by atoms with van der Waals surface area (Å²) < 4.78 is 7.03. The minimum atomic E-state index is 0.523. The van der Waals surface area contributed by atoms with Crippen LogP contribution in [0.15, 0.2) is 6.20 Å². The lowest BCUT2D eigenvalue weighted by Gasteiger charge is -2.21. The highest BCUT2D eigenvalue weighted by Crippen LogP contribution is 2.30. The van der Waals surface area contributed by atoms with Crippen molar-refractivity contribution in [2.45, 2.75) is 38.1 Å². The van der Waals surface area contributed by atoms with Crippen LogP contribution in [0.3, 0.4) is 0 Å². The predicted octanol–water partition coefficient (Wildman–Crippen LogP) is 1.98. The van der Waals surface area contributed by atoms with Gasteiger partial charge >= 0.3 is 0 Å². The van der Waals surface area contributed by atoms with E-state index in [2.05, 4.69) is 5.10 Å². The highest BCUT2D eigenvalue weighted by atomic mass is 16.5. The normalized spacial score (nSPS) is 18.4. The van der Waals surface area contributed by atoms with Gasteiger partial charge in [0.15, 0.2) is 0 Å². The molecule has 0 unspecified atom stereocenters. The number of methoxy groups -OCH3 is 1. The Balaban J connectivity index is 2.14. The number of hydrogen-bond acceptors (Lipinski definition) is 3. The number of nitrogens with zero attached hydrogens (tertiary/aromatic N) is 2. The van der Waals surface area contributed by atoms with E-state index in [9.17, 15) is 0 Å². The third-order valence-corrected chi connectivity index (χ3v) is 2.87. The van der Waals surface area contributed by atoms with Gasteiger partial charge in [-0.25, -0.2) is 0 Å². The van der Waals surface area contributed by atoms with Gasteiger partial charge in [-0.05, 0) is 12.8 Å². The first-order valence-electron chi connectivity index (χ1n) is 5.20. The van der Waals surface area contributed by atoms with Crippen molar-refractivity contribution >= 4 is 5.69 Å². The molecule has 0 saturated heterocycles. The molecule has 1 aromatic heterocycles. The molecule has 1 fully saturated rings. The quantitative estimate of drug-likeness (QED) is 0.785. The fourth-order valence-corrected chi connectivity index (χ4v) is 2.08. The molecule has 4 nitrogen and oxygen atoms in total. The third kappa shape index (κ3) is 1.69. The number of aromatic nitrogens is 2. The molecule has 0 atom stereocenters. The molecule has 1 aromatic rings. The maximum absolute atomic E-state index is 5.75. The number of nitrogen functional groups attached to an aromatic ring is 1. The van der Waals surface area contributed by atoms with Crippen LogP contribution in [0.25, 0.3) is 0 Å². The largest absolute Gasteiger partial charge is 0.478 e. The zero-order chi connectivity index (χ0) is 9.97. The second-order valence-corrected chi connectivity index (χ2v) is 3.87. The first-order valence-corrected chi connectivity index (χ1v) is 5.20. The first kappa shape index (κ1) is 9.37. The smallest absolute Gasteiger partial charge is 0.256 e. The van der Waals surface area contributed by atoms with Gasteiger partial charge in [-0.15, -0.1) is 5.10 Å². The van der Waals surface area contributed by atoms with Crippen LogP contribution in [0, 0.1) is 0 Å². The van der Waals surface area contributed by atoms with Crippen molar-refractivity contribution in [2.24, 2.45) is 0 Å². The molecule has 0 bridgehead atoms. The van der Waals surface area contributed by atoms with Gasteiger partial charge in [0.2, 0.25) is 0 Å². The Kier molecular flexibility index (Phi) is 2.61. The molecule has 0 radical (unpaired) electrons. The average Bonchev–Trinajstić information content (AvgIpc) is 2.61. The third-order valence-electron chi connectivity index (χ3n) is 2.87. The Bertz CT molecular complexity index is 302. The van der Waals surface area contributed by atoms with E-state index in [-0.39, 0.29) is 0 Å². The van der Waals surface area contributed by atoms with E-state index < -0.39 is 0 Å². The SMILES string of the molecule is COc1nn(C2CCCCC2)cc1N. The van der Waals surface area contributed by atoms with Gasteiger partial charge in [-0.1, -0.05) is 19.3 Å². The van der Waals surface area contributed by atoms with E-state index in [0.29, 0.717) is 17.6 Å². The van der Waals surface area contributed by atoms with Gasteiger partial charge in [-0.2, -0.15) is 0 Å². The number of anilines is 1. The molecule has 78 valence electrons. The molecule has 0 amide bonds. The van der Waals surface area contributed by atoms with Gasteiger partial charge in [0.1, 0.15) is 5.69 Å². The van der Waals surface area contributed by atoms with Crippen molar-refractivity contribution in [3.8, 4) is 5.88 Å². The summed E-state index contributed by atoms with van der Waals surface area (Å²) >= 11 is 0. The van der Waals surface area contributed by atoms with Crippen molar-refractivity contribution in [2.75, 3.05) is 12.8 Å². The minimum absolute atomic E-state index is 0.523. The van der Waals surface area contributed by atoms with Gasteiger partial charge in [0.25, 0.3) is 5.88 Å². The molecular weight excluding hydrogens is 178 g/mol. The Morgan fingerprint density at radius 1 is 1.43 bits per heavy atom. The zero-order valence-corrected chi connectivity index (χ0v) is 8.57. The summed E-state index contributed by atoms with van der Waals surface area (Å²) in [5, 5.41) is 4.32. The van der Waals surface area contributed by atoms with E-state index in [1.54, 1.807) is 7.11 Å². The molecule has 14 heavy (non-hydrogen) atoms. The van der Waals surface area contributed by atoms with E-state index in [1.807, 2.05) is 10.9 Å². The molecule has 1 aliphatic carbocycles. The maximum Gasteiger partial charge on any atom is 0.256 e. The fourth-order valence-electron chi connectivity index (χ4n) is 2.08. The van der Waals surface area contributed by atoms with Crippen molar-refractivity contribution in [3.63, 3.8) is 0 Å². The van der Waals surface area contributed by atoms with Crippen LogP contribution >= 0.6 is 0 Å². The number of ether oxygens (including phenoxy) is 1. The van der Waals surface area contributed by atoms with E-state index >= 15 is 0 Å². The lowest BCUT2D eigenvalue weighted by Crippen LogP contribution is -2.13. The Morgan fingerprint density at radius 3 is 2.71 bits per heavy atom. The molecular formula is C10H17N3O. The van der Waals surface area contributed by atoms with Crippen LogP contribution < -0.4 is 10.5 Å². The van der Waals surface area contributed by atoms with Crippen molar-refractivity contribution in [1.29, 1.82) is 0 Å². The highest BCUT2D eigenvalue weighted by molar-refractivity contribution is 5.45. The standard InChI is InChI=1S/C10H17N3O/c1-14-10-9(11)7-13(12-10)8-5-3-2-4-6-8/h7-8H,2-6,11H2,1H3. The van der Waals surface area contributed by atoms with Gasteiger partial charge in [0.05, 0.1) is 19.3 Å².